The standard InChI is InChI=1S/C12H19N9O2S4/c13-11-19-17-9(26-11)6-24-3-1-15-8(5-21(22)23)16-2-4-25-7-10-18-20-12(14)27-10/h5,15-16H,1-4,6-7H2,(H2,13,19)(H2,14,20). The Morgan fingerprint density at radius 1 is 1.00 bits per heavy atom. The molecule has 0 fully saturated rings. The molecule has 15 heteroatoms. The van der Waals surface area contributed by atoms with Crippen LogP contribution >= 0.6 is 46.2 Å². The summed E-state index contributed by atoms with van der Waals surface area (Å²) >= 11 is 6.02. The monoisotopic (exact) mass is 449 g/mol. The van der Waals surface area contributed by atoms with Crippen LogP contribution in [0.1, 0.15) is 10.0 Å². The molecule has 6 N–H and O–H groups in total. The zero-order valence-corrected chi connectivity index (χ0v) is 17.4. The van der Waals surface area contributed by atoms with Gasteiger partial charge in [-0.2, -0.15) is 23.5 Å². The maximum Gasteiger partial charge on any atom is 0.274 e. The molecule has 2 heterocycles. The average Bonchev–Trinajstić information content (AvgIpc) is 3.21. The Bertz CT molecular complexity index is 699. The van der Waals surface area contributed by atoms with Crippen molar-refractivity contribution >= 4 is 56.5 Å². The van der Waals surface area contributed by atoms with Gasteiger partial charge in [0.25, 0.3) is 6.20 Å². The molecule has 0 amide bonds. The van der Waals surface area contributed by atoms with Crippen molar-refractivity contribution in [1.29, 1.82) is 0 Å². The summed E-state index contributed by atoms with van der Waals surface area (Å²) < 4.78 is 0. The molecule has 148 valence electrons. The summed E-state index contributed by atoms with van der Waals surface area (Å²) in [6.07, 6.45) is 0.937. The molecule has 0 aliphatic rings. The van der Waals surface area contributed by atoms with Crippen LogP contribution in [0.3, 0.4) is 0 Å². The van der Waals surface area contributed by atoms with Crippen molar-refractivity contribution in [2.75, 3.05) is 36.1 Å². The normalized spacial score (nSPS) is 10.5. The zero-order valence-electron chi connectivity index (χ0n) is 14.2. The molecule has 2 aromatic heterocycles. The molecule has 2 aromatic rings. The van der Waals surface area contributed by atoms with Gasteiger partial charge in [0.15, 0.2) is 5.82 Å². The lowest BCUT2D eigenvalue weighted by Gasteiger charge is -2.10. The van der Waals surface area contributed by atoms with Gasteiger partial charge < -0.3 is 22.1 Å². The highest BCUT2D eigenvalue weighted by molar-refractivity contribution is 7.98. The van der Waals surface area contributed by atoms with E-state index in [-0.39, 0.29) is 0 Å². The summed E-state index contributed by atoms with van der Waals surface area (Å²) in [7, 11) is 0. The Labute approximate surface area is 171 Å². The van der Waals surface area contributed by atoms with Gasteiger partial charge in [-0.15, -0.1) is 20.4 Å². The first-order valence-corrected chi connectivity index (χ1v) is 11.6. The van der Waals surface area contributed by atoms with Crippen molar-refractivity contribution in [2.24, 2.45) is 0 Å². The zero-order chi connectivity index (χ0) is 19.5. The summed E-state index contributed by atoms with van der Waals surface area (Å²) in [5, 5.41) is 34.9. The molecular formula is C12H19N9O2S4. The first kappa shape index (κ1) is 21.5. The molecule has 0 aliphatic carbocycles. The third-order valence-electron chi connectivity index (χ3n) is 2.77. The van der Waals surface area contributed by atoms with E-state index in [2.05, 4.69) is 31.0 Å². The highest BCUT2D eigenvalue weighted by atomic mass is 32.2. The minimum absolute atomic E-state index is 0.390. The predicted molar refractivity (Wildman–Crippen MR) is 112 cm³/mol. The van der Waals surface area contributed by atoms with Crippen LogP contribution in [-0.2, 0) is 11.5 Å². The molecular weight excluding hydrogens is 430 g/mol. The fourth-order valence-corrected chi connectivity index (χ4v) is 4.77. The molecule has 0 aliphatic heterocycles. The maximum absolute atomic E-state index is 10.7. The van der Waals surface area contributed by atoms with E-state index in [9.17, 15) is 10.1 Å². The molecule has 0 saturated carbocycles. The second-order valence-electron chi connectivity index (χ2n) is 4.85. The van der Waals surface area contributed by atoms with Crippen LogP contribution in [-0.4, -0.2) is 49.9 Å². The Morgan fingerprint density at radius 3 is 1.85 bits per heavy atom. The van der Waals surface area contributed by atoms with Crippen molar-refractivity contribution in [3.63, 3.8) is 0 Å². The van der Waals surface area contributed by atoms with Crippen LogP contribution < -0.4 is 22.1 Å². The fourth-order valence-electron chi connectivity index (χ4n) is 1.74. The first-order valence-electron chi connectivity index (χ1n) is 7.67. The number of hydrogen-bond acceptors (Lipinski definition) is 14. The summed E-state index contributed by atoms with van der Waals surface area (Å²) in [6, 6.07) is 0. The number of anilines is 2. The maximum atomic E-state index is 10.7. The number of nitrogens with zero attached hydrogens (tertiary/aromatic N) is 5. The van der Waals surface area contributed by atoms with E-state index < -0.39 is 4.92 Å². The first-order chi connectivity index (χ1) is 13.0. The quantitative estimate of drug-likeness (QED) is 0.194. The summed E-state index contributed by atoms with van der Waals surface area (Å²) in [6.45, 7) is 1.17. The highest BCUT2D eigenvalue weighted by Gasteiger charge is 2.05. The van der Waals surface area contributed by atoms with Gasteiger partial charge in [0.2, 0.25) is 10.3 Å². The van der Waals surface area contributed by atoms with E-state index in [1.165, 1.54) is 22.7 Å². The van der Waals surface area contributed by atoms with Gasteiger partial charge in [-0.25, -0.2) is 0 Å². The molecule has 0 atom stereocenters. The number of aromatic nitrogens is 4. The lowest BCUT2D eigenvalue weighted by Crippen LogP contribution is -2.30. The van der Waals surface area contributed by atoms with Crippen molar-refractivity contribution in [3.8, 4) is 0 Å². The van der Waals surface area contributed by atoms with Crippen LogP contribution in [0.4, 0.5) is 10.3 Å². The Kier molecular flexibility index (Phi) is 9.37. The predicted octanol–water partition coefficient (Wildman–Crippen LogP) is 0.975. The molecule has 27 heavy (non-hydrogen) atoms. The van der Waals surface area contributed by atoms with E-state index in [4.69, 9.17) is 11.5 Å². The molecule has 2 rings (SSSR count). The number of thioether (sulfide) groups is 2. The van der Waals surface area contributed by atoms with Gasteiger partial charge in [0.05, 0.1) is 4.92 Å². The van der Waals surface area contributed by atoms with Crippen LogP contribution in [0.25, 0.3) is 0 Å². The van der Waals surface area contributed by atoms with Crippen molar-refractivity contribution in [3.05, 3.63) is 32.2 Å². The third kappa shape index (κ3) is 9.07. The number of nitrogens with one attached hydrogen (secondary N) is 2. The third-order valence-corrected chi connectivity index (χ3v) is 6.59. The Morgan fingerprint density at radius 2 is 1.48 bits per heavy atom. The van der Waals surface area contributed by atoms with Crippen molar-refractivity contribution in [1.82, 2.24) is 31.0 Å². The minimum Gasteiger partial charge on any atom is -0.374 e. The van der Waals surface area contributed by atoms with Crippen molar-refractivity contribution < 1.29 is 4.92 Å². The van der Waals surface area contributed by atoms with E-state index in [0.29, 0.717) is 40.7 Å². The van der Waals surface area contributed by atoms with E-state index in [0.717, 1.165) is 27.7 Å². The second kappa shape index (κ2) is 11.8. The summed E-state index contributed by atoms with van der Waals surface area (Å²) in [4.78, 5) is 10.3. The molecule has 0 unspecified atom stereocenters. The molecule has 0 spiro atoms. The van der Waals surface area contributed by atoms with E-state index in [1.54, 1.807) is 23.5 Å². The number of hydrogen-bond donors (Lipinski definition) is 4. The number of rotatable bonds is 13. The van der Waals surface area contributed by atoms with E-state index in [1.807, 2.05) is 0 Å². The average molecular weight is 450 g/mol. The minimum atomic E-state index is -0.482. The fraction of sp³-hybridized carbons (Fsp3) is 0.500. The Hall–Kier alpha value is -1.84. The topological polar surface area (TPSA) is 171 Å². The molecule has 11 nitrogen and oxygen atoms in total. The molecule has 0 bridgehead atoms. The number of nitrogens with two attached hydrogens (primary N) is 2. The van der Waals surface area contributed by atoms with Crippen LogP contribution in [0.5, 0.6) is 0 Å². The number of nitro groups is 1. The van der Waals surface area contributed by atoms with Crippen LogP contribution in [0.2, 0.25) is 0 Å². The lowest BCUT2D eigenvalue weighted by atomic mass is 10.6. The van der Waals surface area contributed by atoms with Gasteiger partial charge in [0, 0.05) is 36.1 Å². The van der Waals surface area contributed by atoms with Gasteiger partial charge in [-0.3, -0.25) is 10.1 Å². The van der Waals surface area contributed by atoms with Crippen LogP contribution in [0, 0.1) is 10.1 Å². The van der Waals surface area contributed by atoms with Gasteiger partial charge >= 0.3 is 0 Å². The SMILES string of the molecule is Nc1nnc(CSCCNC(=C[N+](=O)[O-])NCCSCc2nnc(N)s2)s1. The Balaban J connectivity index is 1.60. The largest absolute Gasteiger partial charge is 0.374 e. The molecule has 0 radical (unpaired) electrons. The summed E-state index contributed by atoms with van der Waals surface area (Å²) in [5.41, 5.74) is 11.1. The number of nitrogen functional groups attached to an aromatic ring is 2. The van der Waals surface area contributed by atoms with Gasteiger partial charge in [0.1, 0.15) is 10.0 Å². The second-order valence-corrected chi connectivity index (χ2v) is 9.25. The van der Waals surface area contributed by atoms with Gasteiger partial charge in [-0.05, 0) is 0 Å². The van der Waals surface area contributed by atoms with Gasteiger partial charge in [-0.1, -0.05) is 22.7 Å². The smallest absolute Gasteiger partial charge is 0.274 e. The van der Waals surface area contributed by atoms with Crippen molar-refractivity contribution in [2.45, 2.75) is 11.5 Å². The van der Waals surface area contributed by atoms with E-state index >= 15 is 0 Å². The summed E-state index contributed by atoms with van der Waals surface area (Å²) in [5.74, 6) is 3.35. The highest BCUT2D eigenvalue weighted by Crippen LogP contribution is 2.18. The van der Waals surface area contributed by atoms with Crippen LogP contribution in [0.15, 0.2) is 12.0 Å². The lowest BCUT2D eigenvalue weighted by molar-refractivity contribution is -0.404. The molecule has 0 saturated heterocycles. The molecule has 0 aromatic carbocycles.